The Morgan fingerprint density at radius 3 is 2.50 bits per heavy atom. The van der Waals surface area contributed by atoms with Crippen molar-refractivity contribution in [3.05, 3.63) is 35.9 Å². The average molecular weight is 305 g/mol. The van der Waals surface area contributed by atoms with Gasteiger partial charge in [0, 0.05) is 13.2 Å². The second kappa shape index (κ2) is 10.4. The fraction of sp³-hybridized carbons (Fsp3) is 0.632. The van der Waals surface area contributed by atoms with Crippen LogP contribution in [0.1, 0.15) is 52.0 Å². The number of benzene rings is 1. The van der Waals surface area contributed by atoms with Gasteiger partial charge in [-0.15, -0.1) is 0 Å². The molecule has 0 saturated carbocycles. The van der Waals surface area contributed by atoms with Gasteiger partial charge < -0.3 is 10.1 Å². The Balaban J connectivity index is 2.39. The van der Waals surface area contributed by atoms with E-state index in [2.05, 4.69) is 31.3 Å². The van der Waals surface area contributed by atoms with Gasteiger partial charge in [-0.3, -0.25) is 4.79 Å². The standard InChI is InChI=1S/C19H31NO2/c1-5-6-10-15(2)18(22-4)14-19(21)20-16(3)13-17-11-8-7-9-12-17/h7-9,11-12,15-16,18H,5-6,10,13-14H2,1-4H3,(H,20,21). The topological polar surface area (TPSA) is 38.3 Å². The van der Waals surface area contributed by atoms with Crippen LogP contribution in [0, 0.1) is 5.92 Å². The summed E-state index contributed by atoms with van der Waals surface area (Å²) in [6, 6.07) is 10.4. The number of nitrogens with one attached hydrogen (secondary N) is 1. The van der Waals surface area contributed by atoms with E-state index in [0.29, 0.717) is 12.3 Å². The van der Waals surface area contributed by atoms with Crippen molar-refractivity contribution in [1.29, 1.82) is 0 Å². The molecule has 0 bridgehead atoms. The quantitative estimate of drug-likeness (QED) is 0.710. The molecule has 0 aliphatic heterocycles. The molecule has 3 unspecified atom stereocenters. The highest BCUT2D eigenvalue weighted by Crippen LogP contribution is 2.17. The van der Waals surface area contributed by atoms with Gasteiger partial charge >= 0.3 is 0 Å². The first kappa shape index (κ1) is 18.7. The molecule has 22 heavy (non-hydrogen) atoms. The minimum Gasteiger partial charge on any atom is -0.381 e. The Kier molecular flexibility index (Phi) is 8.83. The van der Waals surface area contributed by atoms with E-state index < -0.39 is 0 Å². The van der Waals surface area contributed by atoms with Crippen LogP contribution in [0.2, 0.25) is 0 Å². The number of amides is 1. The lowest BCUT2D eigenvalue weighted by molar-refractivity contribution is -0.125. The Labute approximate surface area is 135 Å². The maximum Gasteiger partial charge on any atom is 0.222 e. The molecule has 3 heteroatoms. The molecule has 1 amide bonds. The number of rotatable bonds is 10. The minimum atomic E-state index is 0.00970. The second-order valence-electron chi connectivity index (χ2n) is 6.26. The first-order valence-corrected chi connectivity index (χ1v) is 8.42. The summed E-state index contributed by atoms with van der Waals surface area (Å²) in [7, 11) is 1.70. The smallest absolute Gasteiger partial charge is 0.222 e. The van der Waals surface area contributed by atoms with Crippen LogP contribution in [0.4, 0.5) is 0 Å². The molecule has 0 heterocycles. The lowest BCUT2D eigenvalue weighted by atomic mass is 9.95. The number of unbranched alkanes of at least 4 members (excludes halogenated alkanes) is 1. The average Bonchev–Trinajstić information content (AvgIpc) is 2.51. The Bertz CT molecular complexity index is 419. The van der Waals surface area contributed by atoms with Crippen LogP contribution in [-0.4, -0.2) is 25.2 Å². The number of methoxy groups -OCH3 is 1. The molecule has 3 atom stereocenters. The molecule has 1 rings (SSSR count). The van der Waals surface area contributed by atoms with Gasteiger partial charge in [-0.2, -0.15) is 0 Å². The molecule has 0 spiro atoms. The van der Waals surface area contributed by atoms with Gasteiger partial charge in [0.25, 0.3) is 0 Å². The third-order valence-corrected chi connectivity index (χ3v) is 4.13. The molecule has 0 radical (unpaired) electrons. The molecule has 1 aromatic carbocycles. The van der Waals surface area contributed by atoms with E-state index >= 15 is 0 Å². The van der Waals surface area contributed by atoms with Crippen molar-refractivity contribution in [3.63, 3.8) is 0 Å². The molecule has 124 valence electrons. The summed E-state index contributed by atoms with van der Waals surface area (Å²) in [6.45, 7) is 6.41. The van der Waals surface area contributed by atoms with Crippen molar-refractivity contribution in [3.8, 4) is 0 Å². The molecule has 1 aromatic rings. The predicted molar refractivity (Wildman–Crippen MR) is 91.9 cm³/mol. The predicted octanol–water partition coefficient (Wildman–Crippen LogP) is 3.97. The van der Waals surface area contributed by atoms with E-state index in [1.54, 1.807) is 7.11 Å². The van der Waals surface area contributed by atoms with Crippen LogP contribution in [0.3, 0.4) is 0 Å². The van der Waals surface area contributed by atoms with E-state index in [4.69, 9.17) is 4.74 Å². The Morgan fingerprint density at radius 2 is 1.91 bits per heavy atom. The fourth-order valence-corrected chi connectivity index (χ4v) is 2.76. The zero-order valence-corrected chi connectivity index (χ0v) is 14.5. The summed E-state index contributed by atoms with van der Waals surface area (Å²) in [4.78, 5) is 12.2. The van der Waals surface area contributed by atoms with E-state index in [-0.39, 0.29) is 18.1 Å². The van der Waals surface area contributed by atoms with Crippen LogP contribution < -0.4 is 5.32 Å². The minimum absolute atomic E-state index is 0.00970. The van der Waals surface area contributed by atoms with Crippen molar-refractivity contribution < 1.29 is 9.53 Å². The fourth-order valence-electron chi connectivity index (χ4n) is 2.76. The summed E-state index contributed by atoms with van der Waals surface area (Å²) in [5.41, 5.74) is 1.25. The Morgan fingerprint density at radius 1 is 1.23 bits per heavy atom. The molecule has 1 N–H and O–H groups in total. The van der Waals surface area contributed by atoms with Gasteiger partial charge in [0.15, 0.2) is 0 Å². The summed E-state index contributed by atoms with van der Waals surface area (Å²) in [6.07, 6.45) is 4.79. The van der Waals surface area contributed by atoms with E-state index in [0.717, 1.165) is 12.8 Å². The van der Waals surface area contributed by atoms with Gasteiger partial charge in [0.05, 0.1) is 12.5 Å². The number of hydrogen-bond donors (Lipinski definition) is 1. The zero-order valence-electron chi connectivity index (χ0n) is 14.5. The van der Waals surface area contributed by atoms with Gasteiger partial charge in [-0.1, -0.05) is 57.0 Å². The van der Waals surface area contributed by atoms with Crippen molar-refractivity contribution in [2.24, 2.45) is 5.92 Å². The molecular weight excluding hydrogens is 274 g/mol. The summed E-state index contributed by atoms with van der Waals surface area (Å²) in [5, 5.41) is 3.09. The monoisotopic (exact) mass is 305 g/mol. The van der Waals surface area contributed by atoms with E-state index in [1.165, 1.54) is 18.4 Å². The lowest BCUT2D eigenvalue weighted by Crippen LogP contribution is -2.37. The first-order chi connectivity index (χ1) is 10.6. The maximum absolute atomic E-state index is 12.2. The summed E-state index contributed by atoms with van der Waals surface area (Å²) < 4.78 is 5.52. The van der Waals surface area contributed by atoms with Crippen molar-refractivity contribution in [2.75, 3.05) is 7.11 Å². The van der Waals surface area contributed by atoms with Gasteiger partial charge in [0.1, 0.15) is 0 Å². The normalized spacial score (nSPS) is 15.1. The third-order valence-electron chi connectivity index (χ3n) is 4.13. The highest BCUT2D eigenvalue weighted by molar-refractivity contribution is 5.76. The highest BCUT2D eigenvalue weighted by Gasteiger charge is 2.20. The van der Waals surface area contributed by atoms with Gasteiger partial charge in [0.2, 0.25) is 5.91 Å². The third kappa shape index (κ3) is 7.08. The Hall–Kier alpha value is -1.35. The number of carbonyl (C=O) groups is 1. The maximum atomic E-state index is 12.2. The van der Waals surface area contributed by atoms with Crippen molar-refractivity contribution in [2.45, 2.75) is 65.0 Å². The first-order valence-electron chi connectivity index (χ1n) is 8.42. The van der Waals surface area contributed by atoms with Crippen LogP contribution >= 0.6 is 0 Å². The van der Waals surface area contributed by atoms with Crippen LogP contribution in [0.5, 0.6) is 0 Å². The number of carbonyl (C=O) groups excluding carboxylic acids is 1. The van der Waals surface area contributed by atoms with Crippen LogP contribution in [-0.2, 0) is 16.0 Å². The summed E-state index contributed by atoms with van der Waals surface area (Å²) >= 11 is 0. The summed E-state index contributed by atoms with van der Waals surface area (Å²) in [5.74, 6) is 0.499. The largest absolute Gasteiger partial charge is 0.381 e. The zero-order chi connectivity index (χ0) is 16.4. The van der Waals surface area contributed by atoms with Crippen molar-refractivity contribution in [1.82, 2.24) is 5.32 Å². The van der Waals surface area contributed by atoms with Crippen molar-refractivity contribution >= 4 is 5.91 Å². The molecule has 3 nitrogen and oxygen atoms in total. The SMILES string of the molecule is CCCCC(C)C(CC(=O)NC(C)Cc1ccccc1)OC. The lowest BCUT2D eigenvalue weighted by Gasteiger charge is -2.23. The second-order valence-corrected chi connectivity index (χ2v) is 6.26. The van der Waals surface area contributed by atoms with Gasteiger partial charge in [-0.25, -0.2) is 0 Å². The van der Waals surface area contributed by atoms with Crippen LogP contribution in [0.25, 0.3) is 0 Å². The molecule has 0 aromatic heterocycles. The highest BCUT2D eigenvalue weighted by atomic mass is 16.5. The molecule has 0 fully saturated rings. The molecule has 0 aliphatic rings. The molecular formula is C19H31NO2. The van der Waals surface area contributed by atoms with Crippen LogP contribution in [0.15, 0.2) is 30.3 Å². The number of hydrogen-bond acceptors (Lipinski definition) is 2. The molecule has 0 saturated heterocycles. The molecule has 0 aliphatic carbocycles. The number of ether oxygens (including phenoxy) is 1. The van der Waals surface area contributed by atoms with E-state index in [9.17, 15) is 4.79 Å². The van der Waals surface area contributed by atoms with Gasteiger partial charge in [-0.05, 0) is 31.2 Å². The van der Waals surface area contributed by atoms with E-state index in [1.807, 2.05) is 25.1 Å².